The predicted octanol–water partition coefficient (Wildman–Crippen LogP) is 4.80. The first-order valence-corrected chi connectivity index (χ1v) is 7.97. The van der Waals surface area contributed by atoms with E-state index in [9.17, 15) is 21.6 Å². The van der Waals surface area contributed by atoms with E-state index in [1.165, 1.54) is 36.4 Å². The van der Waals surface area contributed by atoms with Crippen LogP contribution < -0.4 is 0 Å². The summed E-state index contributed by atoms with van der Waals surface area (Å²) in [6.07, 6.45) is -3.35. The fraction of sp³-hybridized carbons (Fsp3) is 0.0667. The van der Waals surface area contributed by atoms with Crippen LogP contribution in [-0.4, -0.2) is 8.42 Å². The third kappa shape index (κ3) is 4.11. The lowest BCUT2D eigenvalue weighted by Gasteiger charge is -2.06. The Hall–Kier alpha value is -1.79. The quantitative estimate of drug-likeness (QED) is 0.799. The maximum atomic E-state index is 12.6. The minimum atomic E-state index is -4.47. The molecule has 116 valence electrons. The average Bonchev–Trinajstić information content (AvgIpc) is 2.45. The molecule has 0 spiro atoms. The highest BCUT2D eigenvalue weighted by Gasteiger charge is 2.30. The molecule has 0 amide bonds. The van der Waals surface area contributed by atoms with Gasteiger partial charge in [0, 0.05) is 10.4 Å². The molecule has 7 heteroatoms. The predicted molar refractivity (Wildman–Crippen MR) is 79.1 cm³/mol. The van der Waals surface area contributed by atoms with Crippen LogP contribution in [0.2, 0.25) is 5.02 Å². The van der Waals surface area contributed by atoms with Crippen molar-refractivity contribution in [3.63, 3.8) is 0 Å². The van der Waals surface area contributed by atoms with E-state index in [-0.39, 0.29) is 10.5 Å². The summed E-state index contributed by atoms with van der Waals surface area (Å²) in [5.74, 6) is 0. The van der Waals surface area contributed by atoms with Crippen LogP contribution in [0.15, 0.2) is 58.8 Å². The van der Waals surface area contributed by atoms with Crippen molar-refractivity contribution in [1.29, 1.82) is 0 Å². The summed E-state index contributed by atoms with van der Waals surface area (Å²) in [7, 11) is -3.74. The zero-order valence-corrected chi connectivity index (χ0v) is 12.6. The summed E-state index contributed by atoms with van der Waals surface area (Å²) in [6.45, 7) is 0. The second kappa shape index (κ2) is 6.14. The second-order valence-corrected chi connectivity index (χ2v) is 6.69. The topological polar surface area (TPSA) is 34.1 Å². The van der Waals surface area contributed by atoms with Crippen molar-refractivity contribution >= 4 is 27.5 Å². The van der Waals surface area contributed by atoms with Gasteiger partial charge in [-0.2, -0.15) is 13.2 Å². The van der Waals surface area contributed by atoms with Crippen molar-refractivity contribution in [1.82, 2.24) is 0 Å². The minimum absolute atomic E-state index is 0.0140. The molecule has 0 fully saturated rings. The number of sulfone groups is 1. The lowest BCUT2D eigenvalue weighted by molar-refractivity contribution is -0.137. The fourth-order valence-electron chi connectivity index (χ4n) is 1.69. The summed E-state index contributed by atoms with van der Waals surface area (Å²) in [4.78, 5) is 0.0140. The Morgan fingerprint density at radius 1 is 1.00 bits per heavy atom. The molecule has 0 bridgehead atoms. The van der Waals surface area contributed by atoms with Crippen molar-refractivity contribution in [2.45, 2.75) is 11.1 Å². The molecule has 0 aromatic heterocycles. The molecule has 0 saturated carbocycles. The molecule has 2 rings (SSSR count). The summed E-state index contributed by atoms with van der Waals surface area (Å²) < 4.78 is 61.9. The van der Waals surface area contributed by atoms with Crippen LogP contribution in [0.25, 0.3) is 6.08 Å². The molecule has 2 nitrogen and oxygen atoms in total. The molecule has 2 aromatic rings. The number of alkyl halides is 3. The zero-order valence-electron chi connectivity index (χ0n) is 11.0. The number of halogens is 4. The Labute approximate surface area is 130 Å². The third-order valence-corrected chi connectivity index (χ3v) is 4.47. The van der Waals surface area contributed by atoms with Crippen LogP contribution in [0.4, 0.5) is 13.2 Å². The first kappa shape index (κ1) is 16.6. The van der Waals surface area contributed by atoms with E-state index >= 15 is 0 Å². The van der Waals surface area contributed by atoms with E-state index in [0.717, 1.165) is 23.6 Å². The van der Waals surface area contributed by atoms with E-state index in [1.54, 1.807) is 0 Å². The molecule has 2 aromatic carbocycles. The van der Waals surface area contributed by atoms with Gasteiger partial charge >= 0.3 is 6.18 Å². The SMILES string of the molecule is O=S(=O)(/C=C/c1cccc(C(F)(F)F)c1)c1ccc(Cl)cc1. The van der Waals surface area contributed by atoms with Crippen LogP contribution in [-0.2, 0) is 16.0 Å². The normalized spacial score (nSPS) is 12.7. The van der Waals surface area contributed by atoms with Gasteiger partial charge in [-0.25, -0.2) is 8.42 Å². The van der Waals surface area contributed by atoms with Gasteiger partial charge in [0.25, 0.3) is 0 Å². The van der Waals surface area contributed by atoms with Crippen molar-refractivity contribution in [2.24, 2.45) is 0 Å². The van der Waals surface area contributed by atoms with Crippen molar-refractivity contribution in [3.05, 3.63) is 70.1 Å². The molecular weight excluding hydrogens is 337 g/mol. The van der Waals surface area contributed by atoms with Gasteiger partial charge in [-0.15, -0.1) is 0 Å². The zero-order chi connectivity index (χ0) is 16.4. The number of hydrogen-bond acceptors (Lipinski definition) is 2. The third-order valence-electron chi connectivity index (χ3n) is 2.80. The van der Waals surface area contributed by atoms with Crippen molar-refractivity contribution in [2.75, 3.05) is 0 Å². The Morgan fingerprint density at radius 3 is 2.23 bits per heavy atom. The molecule has 0 radical (unpaired) electrons. The maximum Gasteiger partial charge on any atom is 0.416 e. The lowest BCUT2D eigenvalue weighted by atomic mass is 10.1. The summed E-state index contributed by atoms with van der Waals surface area (Å²) in [5.41, 5.74) is -0.689. The standard InChI is InChI=1S/C15H10ClF3O2S/c16-13-4-6-14(7-5-13)22(20,21)9-8-11-2-1-3-12(10-11)15(17,18)19/h1-10H/b9-8+. The largest absolute Gasteiger partial charge is 0.416 e. The van der Waals surface area contributed by atoms with Crippen LogP contribution in [0, 0.1) is 0 Å². The molecule has 0 saturated heterocycles. The Bertz CT molecular complexity index is 794. The molecule has 0 aliphatic rings. The van der Waals surface area contributed by atoms with Crippen molar-refractivity contribution in [3.8, 4) is 0 Å². The van der Waals surface area contributed by atoms with Crippen LogP contribution in [0.1, 0.15) is 11.1 Å². The van der Waals surface area contributed by atoms with Crippen LogP contribution in [0.5, 0.6) is 0 Å². The van der Waals surface area contributed by atoms with E-state index in [2.05, 4.69) is 0 Å². The molecular formula is C15H10ClF3O2S. The average molecular weight is 347 g/mol. The van der Waals surface area contributed by atoms with Crippen LogP contribution >= 0.6 is 11.6 Å². The molecule has 22 heavy (non-hydrogen) atoms. The van der Waals surface area contributed by atoms with E-state index in [0.29, 0.717) is 5.02 Å². The lowest BCUT2D eigenvalue weighted by Crippen LogP contribution is -2.04. The highest BCUT2D eigenvalue weighted by atomic mass is 35.5. The highest BCUT2D eigenvalue weighted by Crippen LogP contribution is 2.30. The second-order valence-electron chi connectivity index (χ2n) is 4.42. The van der Waals surface area contributed by atoms with Gasteiger partial charge in [-0.05, 0) is 48.0 Å². The van der Waals surface area contributed by atoms with Gasteiger partial charge < -0.3 is 0 Å². The summed E-state index contributed by atoms with van der Waals surface area (Å²) in [6, 6.07) is 9.92. The Kier molecular flexibility index (Phi) is 4.63. The molecule has 0 aliphatic carbocycles. The number of rotatable bonds is 3. The molecule has 0 heterocycles. The van der Waals surface area contributed by atoms with Gasteiger partial charge in [-0.1, -0.05) is 23.7 Å². The van der Waals surface area contributed by atoms with Gasteiger partial charge in [0.15, 0.2) is 9.84 Å². The number of benzene rings is 2. The van der Waals surface area contributed by atoms with Gasteiger partial charge in [0.2, 0.25) is 0 Å². The van der Waals surface area contributed by atoms with Crippen molar-refractivity contribution < 1.29 is 21.6 Å². The molecule has 0 N–H and O–H groups in total. The first-order valence-electron chi connectivity index (χ1n) is 6.04. The molecule has 0 atom stereocenters. The Balaban J connectivity index is 2.30. The first-order chi connectivity index (χ1) is 10.2. The van der Waals surface area contributed by atoms with E-state index in [4.69, 9.17) is 11.6 Å². The highest BCUT2D eigenvalue weighted by molar-refractivity contribution is 7.94. The fourth-order valence-corrected chi connectivity index (χ4v) is 2.82. The van der Waals surface area contributed by atoms with Gasteiger partial charge in [0.05, 0.1) is 10.5 Å². The molecule has 0 unspecified atom stereocenters. The maximum absolute atomic E-state index is 12.6. The number of hydrogen-bond donors (Lipinski definition) is 0. The smallest absolute Gasteiger partial charge is 0.219 e. The van der Waals surface area contributed by atoms with Crippen LogP contribution in [0.3, 0.4) is 0 Å². The summed E-state index contributed by atoms with van der Waals surface area (Å²) in [5, 5.41) is 1.26. The van der Waals surface area contributed by atoms with Gasteiger partial charge in [-0.3, -0.25) is 0 Å². The Morgan fingerprint density at radius 2 is 1.64 bits per heavy atom. The minimum Gasteiger partial charge on any atom is -0.219 e. The molecule has 0 aliphatic heterocycles. The van der Waals surface area contributed by atoms with E-state index < -0.39 is 21.6 Å². The summed E-state index contributed by atoms with van der Waals surface area (Å²) >= 11 is 5.68. The van der Waals surface area contributed by atoms with E-state index in [1.807, 2.05) is 0 Å². The van der Waals surface area contributed by atoms with Gasteiger partial charge in [0.1, 0.15) is 0 Å². The monoisotopic (exact) mass is 346 g/mol.